The maximum Gasteiger partial charge on any atom is 0.136 e. The molecule has 0 saturated carbocycles. The van der Waals surface area contributed by atoms with Gasteiger partial charge < -0.3 is 4.79 Å². The predicted molar refractivity (Wildman–Crippen MR) is 81.3 cm³/mol. The molecule has 0 aromatic heterocycles. The van der Waals surface area contributed by atoms with E-state index in [1.54, 1.807) is 0 Å². The minimum atomic E-state index is -0.00228. The van der Waals surface area contributed by atoms with Crippen LogP contribution >= 0.6 is 0 Å². The van der Waals surface area contributed by atoms with Crippen molar-refractivity contribution in [3.05, 3.63) is 0 Å². The molecule has 1 atom stereocenters. The minimum absolute atomic E-state index is 0.00228. The SMILES string of the molecule is CCCCCCCCCC(=O)C(CC=O)CCCC. The minimum Gasteiger partial charge on any atom is -0.303 e. The molecular formula is C17H32O2. The van der Waals surface area contributed by atoms with E-state index in [0.717, 1.165) is 38.4 Å². The van der Waals surface area contributed by atoms with Gasteiger partial charge in [0.1, 0.15) is 12.1 Å². The molecule has 0 aromatic rings. The maximum absolute atomic E-state index is 12.0. The van der Waals surface area contributed by atoms with E-state index in [1.165, 1.54) is 32.1 Å². The van der Waals surface area contributed by atoms with E-state index in [4.69, 9.17) is 0 Å². The monoisotopic (exact) mass is 268 g/mol. The van der Waals surface area contributed by atoms with Crippen LogP contribution in [0.5, 0.6) is 0 Å². The molecule has 0 aliphatic carbocycles. The molecule has 0 saturated heterocycles. The Bertz CT molecular complexity index is 223. The summed E-state index contributed by atoms with van der Waals surface area (Å²) in [5, 5.41) is 0. The van der Waals surface area contributed by atoms with Gasteiger partial charge in [-0.1, -0.05) is 65.2 Å². The molecule has 0 rings (SSSR count). The second-order valence-electron chi connectivity index (χ2n) is 5.58. The molecule has 0 spiro atoms. The fraction of sp³-hybridized carbons (Fsp3) is 0.882. The molecule has 0 amide bonds. The van der Waals surface area contributed by atoms with Crippen molar-refractivity contribution >= 4 is 12.1 Å². The maximum atomic E-state index is 12.0. The van der Waals surface area contributed by atoms with Crippen LogP contribution in [0.4, 0.5) is 0 Å². The summed E-state index contributed by atoms with van der Waals surface area (Å²) >= 11 is 0. The van der Waals surface area contributed by atoms with Crippen LogP contribution in [0, 0.1) is 5.92 Å². The molecule has 0 bridgehead atoms. The first kappa shape index (κ1) is 18.3. The number of rotatable bonds is 14. The van der Waals surface area contributed by atoms with Crippen molar-refractivity contribution in [3.8, 4) is 0 Å². The van der Waals surface area contributed by atoms with Crippen LogP contribution in [0.1, 0.15) is 90.9 Å². The molecule has 0 N–H and O–H groups in total. The lowest BCUT2D eigenvalue weighted by Crippen LogP contribution is -2.15. The lowest BCUT2D eigenvalue weighted by Gasteiger charge is -2.12. The van der Waals surface area contributed by atoms with Crippen molar-refractivity contribution in [2.75, 3.05) is 0 Å². The van der Waals surface area contributed by atoms with Crippen molar-refractivity contribution in [1.82, 2.24) is 0 Å². The first-order valence-electron chi connectivity index (χ1n) is 8.22. The van der Waals surface area contributed by atoms with Gasteiger partial charge in [0.05, 0.1) is 0 Å². The Morgan fingerprint density at radius 2 is 1.47 bits per heavy atom. The van der Waals surface area contributed by atoms with Crippen LogP contribution in [-0.4, -0.2) is 12.1 Å². The molecule has 112 valence electrons. The lowest BCUT2D eigenvalue weighted by atomic mass is 9.91. The smallest absolute Gasteiger partial charge is 0.136 e. The van der Waals surface area contributed by atoms with E-state index in [9.17, 15) is 9.59 Å². The lowest BCUT2D eigenvalue weighted by molar-refractivity contribution is -0.125. The number of aldehydes is 1. The quantitative estimate of drug-likeness (QED) is 0.325. The highest BCUT2D eigenvalue weighted by molar-refractivity contribution is 5.82. The first-order valence-corrected chi connectivity index (χ1v) is 8.22. The molecular weight excluding hydrogens is 236 g/mol. The standard InChI is InChI=1S/C17H32O2/c1-3-5-7-8-9-10-11-13-17(19)16(14-15-18)12-6-4-2/h15-16H,3-14H2,1-2H3. The Morgan fingerprint density at radius 1 is 0.895 bits per heavy atom. The number of unbranched alkanes of at least 4 members (excludes halogenated alkanes) is 7. The van der Waals surface area contributed by atoms with Crippen molar-refractivity contribution in [2.24, 2.45) is 5.92 Å². The second kappa shape index (κ2) is 13.8. The summed E-state index contributed by atoms with van der Waals surface area (Å²) in [4.78, 5) is 22.6. The summed E-state index contributed by atoms with van der Waals surface area (Å²) in [5.74, 6) is 0.312. The zero-order valence-electron chi connectivity index (χ0n) is 13.0. The van der Waals surface area contributed by atoms with E-state index >= 15 is 0 Å². The van der Waals surface area contributed by atoms with Gasteiger partial charge in [0, 0.05) is 18.8 Å². The number of ketones is 1. The summed E-state index contributed by atoms with van der Waals surface area (Å²) < 4.78 is 0. The van der Waals surface area contributed by atoms with Gasteiger partial charge in [0.2, 0.25) is 0 Å². The third-order valence-corrected chi connectivity index (χ3v) is 3.77. The van der Waals surface area contributed by atoms with Gasteiger partial charge in [0.15, 0.2) is 0 Å². The Kier molecular flexibility index (Phi) is 13.3. The first-order chi connectivity index (χ1) is 9.26. The van der Waals surface area contributed by atoms with Crippen molar-refractivity contribution in [1.29, 1.82) is 0 Å². The third-order valence-electron chi connectivity index (χ3n) is 3.77. The van der Waals surface area contributed by atoms with Gasteiger partial charge in [-0.2, -0.15) is 0 Å². The topological polar surface area (TPSA) is 34.1 Å². The normalized spacial score (nSPS) is 12.3. The molecule has 0 radical (unpaired) electrons. The number of hydrogen-bond acceptors (Lipinski definition) is 2. The molecule has 0 aliphatic heterocycles. The van der Waals surface area contributed by atoms with E-state index in [-0.39, 0.29) is 5.92 Å². The number of carbonyl (C=O) groups excluding carboxylic acids is 2. The van der Waals surface area contributed by atoms with Crippen molar-refractivity contribution in [3.63, 3.8) is 0 Å². The molecule has 0 aliphatic rings. The fourth-order valence-corrected chi connectivity index (χ4v) is 2.44. The molecule has 0 heterocycles. The Morgan fingerprint density at radius 3 is 2.05 bits per heavy atom. The number of carbonyl (C=O) groups is 2. The summed E-state index contributed by atoms with van der Waals surface area (Å²) in [6, 6.07) is 0. The highest BCUT2D eigenvalue weighted by Crippen LogP contribution is 2.17. The zero-order valence-corrected chi connectivity index (χ0v) is 13.0. The third kappa shape index (κ3) is 10.9. The van der Waals surface area contributed by atoms with Crippen molar-refractivity contribution < 1.29 is 9.59 Å². The van der Waals surface area contributed by atoms with Gasteiger partial charge in [-0.05, 0) is 12.8 Å². The molecule has 0 aromatic carbocycles. The van der Waals surface area contributed by atoms with Crippen LogP contribution in [0.25, 0.3) is 0 Å². The van der Waals surface area contributed by atoms with Crippen LogP contribution in [0.2, 0.25) is 0 Å². The molecule has 2 nitrogen and oxygen atoms in total. The van der Waals surface area contributed by atoms with E-state index in [1.807, 2.05) is 0 Å². The van der Waals surface area contributed by atoms with Gasteiger partial charge in [-0.3, -0.25) is 4.79 Å². The summed E-state index contributed by atoms with van der Waals surface area (Å²) in [7, 11) is 0. The summed E-state index contributed by atoms with van der Waals surface area (Å²) in [6.07, 6.45) is 13.7. The van der Waals surface area contributed by atoms with Crippen molar-refractivity contribution in [2.45, 2.75) is 90.9 Å². The highest BCUT2D eigenvalue weighted by atomic mass is 16.1. The van der Waals surface area contributed by atoms with E-state index in [0.29, 0.717) is 18.6 Å². The second-order valence-corrected chi connectivity index (χ2v) is 5.58. The molecule has 0 fully saturated rings. The Hall–Kier alpha value is -0.660. The average molecular weight is 268 g/mol. The molecule has 1 unspecified atom stereocenters. The van der Waals surface area contributed by atoms with Crippen LogP contribution < -0.4 is 0 Å². The van der Waals surface area contributed by atoms with Crippen LogP contribution in [0.15, 0.2) is 0 Å². The average Bonchev–Trinajstić information content (AvgIpc) is 2.42. The molecule has 19 heavy (non-hydrogen) atoms. The van der Waals surface area contributed by atoms with Crippen LogP contribution in [-0.2, 0) is 9.59 Å². The number of hydrogen-bond donors (Lipinski definition) is 0. The van der Waals surface area contributed by atoms with Crippen LogP contribution in [0.3, 0.4) is 0 Å². The van der Waals surface area contributed by atoms with E-state index < -0.39 is 0 Å². The summed E-state index contributed by atoms with van der Waals surface area (Å²) in [5.41, 5.74) is 0. The largest absolute Gasteiger partial charge is 0.303 e. The molecule has 2 heteroatoms. The fourth-order valence-electron chi connectivity index (χ4n) is 2.44. The van der Waals surface area contributed by atoms with Gasteiger partial charge in [-0.25, -0.2) is 0 Å². The Labute approximate surface area is 119 Å². The van der Waals surface area contributed by atoms with E-state index in [2.05, 4.69) is 13.8 Å². The summed E-state index contributed by atoms with van der Waals surface area (Å²) in [6.45, 7) is 4.35. The Balaban J connectivity index is 3.65. The highest BCUT2D eigenvalue weighted by Gasteiger charge is 2.16. The number of Topliss-reactive ketones (excluding diaryl/α,β-unsaturated/α-hetero) is 1. The van der Waals surface area contributed by atoms with Gasteiger partial charge in [0.25, 0.3) is 0 Å². The van der Waals surface area contributed by atoms with Gasteiger partial charge >= 0.3 is 0 Å². The predicted octanol–water partition coefficient (Wildman–Crippen LogP) is 5.09. The zero-order chi connectivity index (χ0) is 14.3. The van der Waals surface area contributed by atoms with Gasteiger partial charge in [-0.15, -0.1) is 0 Å².